The molecule has 1 aromatic rings. The molecule has 1 amide bonds. The number of carbonyl (C=O) groups is 1. The molecule has 0 spiro atoms. The SMILES string of the molecule is Cc1nnc(N2CCCNC(=O)C2)c(C#N)c1C. The first-order valence-corrected chi connectivity index (χ1v) is 5.89. The molecule has 6 heteroatoms. The predicted molar refractivity (Wildman–Crippen MR) is 66.1 cm³/mol. The molecule has 1 saturated heterocycles. The van der Waals surface area contributed by atoms with Gasteiger partial charge in [-0.05, 0) is 25.8 Å². The summed E-state index contributed by atoms with van der Waals surface area (Å²) < 4.78 is 0. The highest BCUT2D eigenvalue weighted by atomic mass is 16.2. The summed E-state index contributed by atoms with van der Waals surface area (Å²) >= 11 is 0. The van der Waals surface area contributed by atoms with Gasteiger partial charge in [-0.15, -0.1) is 5.10 Å². The number of nitrogens with zero attached hydrogens (tertiary/aromatic N) is 4. The Morgan fingerprint density at radius 2 is 2.17 bits per heavy atom. The minimum atomic E-state index is -0.0450. The number of aryl methyl sites for hydroxylation is 1. The highest BCUT2D eigenvalue weighted by Gasteiger charge is 2.21. The standard InChI is InChI=1S/C12H15N5O/c1-8-9(2)15-16-12(10(8)6-13)17-5-3-4-14-11(18)7-17/h3-5,7H2,1-2H3,(H,14,18). The maximum absolute atomic E-state index is 11.5. The number of amides is 1. The molecular weight excluding hydrogens is 230 g/mol. The van der Waals surface area contributed by atoms with E-state index < -0.39 is 0 Å². The van der Waals surface area contributed by atoms with E-state index in [0.717, 1.165) is 17.7 Å². The van der Waals surface area contributed by atoms with Crippen molar-refractivity contribution in [1.82, 2.24) is 15.5 Å². The van der Waals surface area contributed by atoms with Crippen molar-refractivity contribution in [2.75, 3.05) is 24.5 Å². The number of anilines is 1. The number of nitriles is 1. The lowest BCUT2D eigenvalue weighted by Crippen LogP contribution is -2.34. The third-order valence-electron chi connectivity index (χ3n) is 3.11. The summed E-state index contributed by atoms with van der Waals surface area (Å²) in [4.78, 5) is 13.4. The van der Waals surface area contributed by atoms with E-state index in [1.807, 2.05) is 18.7 Å². The molecule has 0 bridgehead atoms. The largest absolute Gasteiger partial charge is 0.354 e. The van der Waals surface area contributed by atoms with E-state index in [9.17, 15) is 10.1 Å². The highest BCUT2D eigenvalue weighted by Crippen LogP contribution is 2.21. The Labute approximate surface area is 106 Å². The van der Waals surface area contributed by atoms with Gasteiger partial charge in [-0.1, -0.05) is 0 Å². The Morgan fingerprint density at radius 1 is 1.39 bits per heavy atom. The lowest BCUT2D eigenvalue weighted by Gasteiger charge is -2.21. The van der Waals surface area contributed by atoms with Crippen LogP contribution in [0.2, 0.25) is 0 Å². The topological polar surface area (TPSA) is 81.9 Å². The molecule has 2 rings (SSSR count). The van der Waals surface area contributed by atoms with E-state index in [0.29, 0.717) is 24.5 Å². The third-order valence-corrected chi connectivity index (χ3v) is 3.11. The fraction of sp³-hybridized carbons (Fsp3) is 0.500. The summed E-state index contributed by atoms with van der Waals surface area (Å²) in [7, 11) is 0. The molecule has 1 aliphatic rings. The fourth-order valence-electron chi connectivity index (χ4n) is 1.94. The Kier molecular flexibility index (Phi) is 3.42. The summed E-state index contributed by atoms with van der Waals surface area (Å²) in [5, 5.41) is 20.2. The monoisotopic (exact) mass is 245 g/mol. The molecule has 94 valence electrons. The smallest absolute Gasteiger partial charge is 0.239 e. The van der Waals surface area contributed by atoms with Crippen LogP contribution >= 0.6 is 0 Å². The van der Waals surface area contributed by atoms with Crippen molar-refractivity contribution in [3.63, 3.8) is 0 Å². The summed E-state index contributed by atoms with van der Waals surface area (Å²) in [5.74, 6) is 0.467. The van der Waals surface area contributed by atoms with Gasteiger partial charge >= 0.3 is 0 Å². The van der Waals surface area contributed by atoms with E-state index in [2.05, 4.69) is 21.6 Å². The van der Waals surface area contributed by atoms with Crippen LogP contribution in [0, 0.1) is 25.2 Å². The van der Waals surface area contributed by atoms with Crippen molar-refractivity contribution in [3.8, 4) is 6.07 Å². The van der Waals surface area contributed by atoms with Crippen LogP contribution in [0.1, 0.15) is 23.2 Å². The lowest BCUT2D eigenvalue weighted by molar-refractivity contribution is -0.119. The summed E-state index contributed by atoms with van der Waals surface area (Å²) in [6.45, 7) is 5.26. The minimum absolute atomic E-state index is 0.0450. The molecule has 2 heterocycles. The first-order chi connectivity index (χ1) is 8.63. The zero-order chi connectivity index (χ0) is 13.1. The number of carbonyl (C=O) groups excluding carboxylic acids is 1. The number of hydrogen-bond donors (Lipinski definition) is 1. The van der Waals surface area contributed by atoms with Gasteiger partial charge in [-0.25, -0.2) is 0 Å². The molecule has 6 nitrogen and oxygen atoms in total. The highest BCUT2D eigenvalue weighted by molar-refractivity contribution is 5.82. The molecule has 0 radical (unpaired) electrons. The van der Waals surface area contributed by atoms with Gasteiger partial charge in [0.15, 0.2) is 5.82 Å². The van der Waals surface area contributed by atoms with Gasteiger partial charge in [0.1, 0.15) is 11.6 Å². The van der Waals surface area contributed by atoms with Crippen LogP contribution in [0.5, 0.6) is 0 Å². The number of rotatable bonds is 1. The molecule has 0 aliphatic carbocycles. The van der Waals surface area contributed by atoms with Gasteiger partial charge in [0.2, 0.25) is 5.91 Å². The maximum atomic E-state index is 11.5. The van der Waals surface area contributed by atoms with Crippen molar-refractivity contribution in [2.45, 2.75) is 20.3 Å². The third kappa shape index (κ3) is 2.25. The first kappa shape index (κ1) is 12.3. The quantitative estimate of drug-likeness (QED) is 0.769. The van der Waals surface area contributed by atoms with Gasteiger partial charge in [0.25, 0.3) is 0 Å². The Bertz CT molecular complexity index is 520. The fourth-order valence-corrected chi connectivity index (χ4v) is 1.94. The van der Waals surface area contributed by atoms with Gasteiger partial charge in [-0.3, -0.25) is 4.79 Å². The number of aromatic nitrogens is 2. The normalized spacial score (nSPS) is 15.8. The molecule has 0 saturated carbocycles. The number of hydrogen-bond acceptors (Lipinski definition) is 5. The van der Waals surface area contributed by atoms with Crippen LogP contribution in [0.15, 0.2) is 0 Å². The van der Waals surface area contributed by atoms with Crippen molar-refractivity contribution < 1.29 is 4.79 Å². The lowest BCUT2D eigenvalue weighted by atomic mass is 10.1. The zero-order valence-electron chi connectivity index (χ0n) is 10.5. The molecule has 1 aromatic heterocycles. The van der Waals surface area contributed by atoms with Gasteiger partial charge in [0, 0.05) is 13.1 Å². The molecular formula is C12H15N5O. The summed E-state index contributed by atoms with van der Waals surface area (Å²) in [6, 6.07) is 2.16. The molecule has 1 fully saturated rings. The van der Waals surface area contributed by atoms with Crippen LogP contribution in [-0.4, -0.2) is 35.7 Å². The van der Waals surface area contributed by atoms with E-state index >= 15 is 0 Å². The van der Waals surface area contributed by atoms with Crippen LogP contribution in [0.4, 0.5) is 5.82 Å². The Balaban J connectivity index is 2.41. The first-order valence-electron chi connectivity index (χ1n) is 5.89. The minimum Gasteiger partial charge on any atom is -0.354 e. The van der Waals surface area contributed by atoms with E-state index in [1.54, 1.807) is 0 Å². The van der Waals surface area contributed by atoms with Crippen LogP contribution in [0.3, 0.4) is 0 Å². The summed E-state index contributed by atoms with van der Waals surface area (Å²) in [5.41, 5.74) is 2.08. The molecule has 1 N–H and O–H groups in total. The molecule has 1 aliphatic heterocycles. The second kappa shape index (κ2) is 5.00. The van der Waals surface area contributed by atoms with E-state index in [1.165, 1.54) is 0 Å². The van der Waals surface area contributed by atoms with E-state index in [-0.39, 0.29) is 12.5 Å². The van der Waals surface area contributed by atoms with Crippen LogP contribution in [0.25, 0.3) is 0 Å². The van der Waals surface area contributed by atoms with Gasteiger partial charge in [-0.2, -0.15) is 10.4 Å². The second-order valence-corrected chi connectivity index (χ2v) is 4.35. The zero-order valence-corrected chi connectivity index (χ0v) is 10.5. The molecule has 18 heavy (non-hydrogen) atoms. The number of nitrogens with one attached hydrogen (secondary N) is 1. The van der Waals surface area contributed by atoms with Crippen molar-refractivity contribution in [3.05, 3.63) is 16.8 Å². The van der Waals surface area contributed by atoms with Crippen molar-refractivity contribution in [1.29, 1.82) is 5.26 Å². The van der Waals surface area contributed by atoms with Crippen LogP contribution in [-0.2, 0) is 4.79 Å². The maximum Gasteiger partial charge on any atom is 0.239 e. The van der Waals surface area contributed by atoms with Crippen molar-refractivity contribution >= 4 is 11.7 Å². The Hall–Kier alpha value is -2.16. The average Bonchev–Trinajstić information content (AvgIpc) is 2.57. The van der Waals surface area contributed by atoms with E-state index in [4.69, 9.17) is 0 Å². The van der Waals surface area contributed by atoms with Crippen molar-refractivity contribution in [2.24, 2.45) is 0 Å². The van der Waals surface area contributed by atoms with Crippen LogP contribution < -0.4 is 10.2 Å². The summed E-state index contributed by atoms with van der Waals surface area (Å²) in [6.07, 6.45) is 0.839. The van der Waals surface area contributed by atoms with Gasteiger partial charge < -0.3 is 10.2 Å². The molecule has 0 atom stereocenters. The second-order valence-electron chi connectivity index (χ2n) is 4.35. The van der Waals surface area contributed by atoms with Gasteiger partial charge in [0.05, 0.1) is 12.2 Å². The molecule has 0 unspecified atom stereocenters. The average molecular weight is 245 g/mol. The molecule has 0 aromatic carbocycles. The Morgan fingerprint density at radius 3 is 2.89 bits per heavy atom. The predicted octanol–water partition coefficient (Wildman–Crippen LogP) is 0.291.